The summed E-state index contributed by atoms with van der Waals surface area (Å²) in [5.41, 5.74) is 9.17. The Bertz CT molecular complexity index is 2880. The van der Waals surface area contributed by atoms with E-state index < -0.39 is 0 Å². The standard InChI is InChI=1S/C53H49N3O5S/c1-52(2)41-14-12-13-15-43(41)55(5)46(52)16-10-8-7-9-11-17-47-53(3,4)42-32-36(22-29-44(42)56(47)6)51(60)54-30-31-61-39-26-20-34(21-27-39)49(59)48-40-28-25-38(58)33-45(40)62-50(48)35-18-23-37(57)24-19-35/h7-29,32-33H,30-31H2,1-6H3,(H2-,54,57,58,59,60)/p+1. The fraction of sp³-hybridized carbons (Fsp3) is 0.189. The normalized spacial score (nSPS) is 16.0. The van der Waals surface area contributed by atoms with Crippen molar-refractivity contribution in [3.8, 4) is 27.7 Å². The number of fused-ring (bicyclic) bond motifs is 3. The summed E-state index contributed by atoms with van der Waals surface area (Å²) in [5, 5.41) is 23.7. The second-order valence-corrected chi connectivity index (χ2v) is 17.7. The highest BCUT2D eigenvalue weighted by Gasteiger charge is 2.42. The summed E-state index contributed by atoms with van der Waals surface area (Å²) in [7, 11) is 4.19. The molecule has 5 aromatic carbocycles. The highest BCUT2D eigenvalue weighted by molar-refractivity contribution is 7.22. The van der Waals surface area contributed by atoms with E-state index in [0.29, 0.717) is 29.0 Å². The van der Waals surface area contributed by atoms with E-state index in [0.717, 1.165) is 37.5 Å². The molecule has 0 fully saturated rings. The van der Waals surface area contributed by atoms with Gasteiger partial charge in [-0.05, 0) is 116 Å². The zero-order valence-corrected chi connectivity index (χ0v) is 36.6. The van der Waals surface area contributed by atoms with Crippen LogP contribution in [0.4, 0.5) is 11.4 Å². The van der Waals surface area contributed by atoms with Crippen molar-refractivity contribution in [3.63, 3.8) is 0 Å². The average molecular weight is 841 g/mol. The minimum Gasteiger partial charge on any atom is -0.508 e. The highest BCUT2D eigenvalue weighted by atomic mass is 32.1. The predicted molar refractivity (Wildman–Crippen MR) is 252 cm³/mol. The molecule has 6 aromatic rings. The number of anilines is 1. The van der Waals surface area contributed by atoms with E-state index in [1.54, 1.807) is 66.7 Å². The number of rotatable bonds is 12. The van der Waals surface area contributed by atoms with Crippen molar-refractivity contribution in [2.24, 2.45) is 0 Å². The number of para-hydroxylation sites is 1. The Morgan fingerprint density at radius 3 is 2.23 bits per heavy atom. The molecule has 0 saturated heterocycles. The van der Waals surface area contributed by atoms with Crippen molar-refractivity contribution in [2.45, 2.75) is 38.5 Å². The fourth-order valence-electron chi connectivity index (χ4n) is 8.67. The van der Waals surface area contributed by atoms with Crippen LogP contribution in [0, 0.1) is 0 Å². The molecule has 8 rings (SSSR count). The molecule has 9 heteroatoms. The van der Waals surface area contributed by atoms with E-state index in [9.17, 15) is 19.8 Å². The van der Waals surface area contributed by atoms with Crippen molar-refractivity contribution in [1.29, 1.82) is 0 Å². The number of allylic oxidation sites excluding steroid dienone is 8. The second-order valence-electron chi connectivity index (χ2n) is 16.7. The first-order valence-electron chi connectivity index (χ1n) is 20.7. The van der Waals surface area contributed by atoms with Crippen molar-refractivity contribution in [3.05, 3.63) is 185 Å². The summed E-state index contributed by atoms with van der Waals surface area (Å²) in [6.07, 6.45) is 14.6. The molecular formula is C53H50N3O5S+. The molecule has 2 aliphatic heterocycles. The molecule has 3 heterocycles. The quantitative estimate of drug-likeness (QED) is 0.0491. The molecule has 62 heavy (non-hydrogen) atoms. The van der Waals surface area contributed by atoms with Crippen molar-refractivity contribution in [2.75, 3.05) is 32.1 Å². The number of ether oxygens (including phenoxy) is 1. The lowest BCUT2D eigenvalue weighted by molar-refractivity contribution is -0.401. The van der Waals surface area contributed by atoms with Gasteiger partial charge in [0.05, 0.1) is 12.0 Å². The van der Waals surface area contributed by atoms with Gasteiger partial charge in [0.25, 0.3) is 5.91 Å². The number of carbonyl (C=O) groups is 2. The third-order valence-electron chi connectivity index (χ3n) is 12.0. The van der Waals surface area contributed by atoms with Crippen LogP contribution in [0.3, 0.4) is 0 Å². The van der Waals surface area contributed by atoms with Gasteiger partial charge >= 0.3 is 0 Å². The number of hydrogen-bond acceptors (Lipinski definition) is 7. The van der Waals surface area contributed by atoms with Crippen LogP contribution in [0.25, 0.3) is 20.5 Å². The fourth-order valence-corrected chi connectivity index (χ4v) is 9.91. The second kappa shape index (κ2) is 16.8. The number of hydrogen-bond donors (Lipinski definition) is 3. The smallest absolute Gasteiger partial charge is 0.251 e. The first-order chi connectivity index (χ1) is 29.8. The van der Waals surface area contributed by atoms with Gasteiger partial charge in [-0.15, -0.1) is 11.3 Å². The summed E-state index contributed by atoms with van der Waals surface area (Å²) in [6, 6.07) is 33.1. The Kier molecular flexibility index (Phi) is 11.3. The maximum atomic E-state index is 14.0. The van der Waals surface area contributed by atoms with Gasteiger partial charge in [-0.1, -0.05) is 62.4 Å². The molecule has 2 aliphatic rings. The van der Waals surface area contributed by atoms with Gasteiger partial charge in [-0.3, -0.25) is 9.59 Å². The lowest BCUT2D eigenvalue weighted by Crippen LogP contribution is -2.28. The molecule has 3 N–H and O–H groups in total. The molecular weight excluding hydrogens is 791 g/mol. The van der Waals surface area contributed by atoms with E-state index in [-0.39, 0.29) is 40.6 Å². The number of nitrogens with one attached hydrogen (secondary N) is 1. The summed E-state index contributed by atoms with van der Waals surface area (Å²) in [5.74, 6) is 0.494. The van der Waals surface area contributed by atoms with Crippen LogP contribution < -0.4 is 15.0 Å². The zero-order chi connectivity index (χ0) is 43.8. The van der Waals surface area contributed by atoms with Crippen molar-refractivity contribution in [1.82, 2.24) is 5.32 Å². The van der Waals surface area contributed by atoms with Crippen LogP contribution in [0.2, 0.25) is 0 Å². The number of phenolic OH excluding ortho intramolecular Hbond substituents is 2. The maximum absolute atomic E-state index is 14.0. The van der Waals surface area contributed by atoms with Crippen LogP contribution in [-0.4, -0.2) is 59.4 Å². The topological polar surface area (TPSA) is 102 Å². The predicted octanol–water partition coefficient (Wildman–Crippen LogP) is 11.0. The number of amides is 1. The SMILES string of the molecule is CN1C(=CC=CC=CC=CC2=[N+](C)c3ccccc3C2(C)C)C(C)(C)c2cc(C(=O)NCCOc3ccc(C(=O)c4c(-c5ccc(O)cc5)sc5cc(O)ccc45)cc3)ccc21. The van der Waals surface area contributed by atoms with E-state index in [1.807, 2.05) is 30.4 Å². The molecule has 312 valence electrons. The largest absolute Gasteiger partial charge is 0.508 e. The van der Waals surface area contributed by atoms with Crippen molar-refractivity contribution < 1.29 is 29.1 Å². The van der Waals surface area contributed by atoms with E-state index in [4.69, 9.17) is 4.74 Å². The zero-order valence-electron chi connectivity index (χ0n) is 35.8. The van der Waals surface area contributed by atoms with Gasteiger partial charge in [0.15, 0.2) is 11.5 Å². The van der Waals surface area contributed by atoms with Crippen LogP contribution in [0.5, 0.6) is 17.2 Å². The maximum Gasteiger partial charge on any atom is 0.251 e. The summed E-state index contributed by atoms with van der Waals surface area (Å²) >= 11 is 1.42. The van der Waals surface area contributed by atoms with Gasteiger partial charge in [0.2, 0.25) is 5.69 Å². The third-order valence-corrected chi connectivity index (χ3v) is 13.2. The summed E-state index contributed by atoms with van der Waals surface area (Å²) in [4.78, 5) is 30.2. The molecule has 1 aromatic heterocycles. The molecule has 1 amide bonds. The molecule has 0 spiro atoms. The molecule has 8 nitrogen and oxygen atoms in total. The summed E-state index contributed by atoms with van der Waals surface area (Å²) < 4.78 is 9.01. The molecule has 0 bridgehead atoms. The molecule has 0 radical (unpaired) electrons. The van der Waals surface area contributed by atoms with Gasteiger partial charge < -0.3 is 25.2 Å². The van der Waals surface area contributed by atoms with Crippen LogP contribution in [0.15, 0.2) is 157 Å². The van der Waals surface area contributed by atoms with Crippen LogP contribution >= 0.6 is 11.3 Å². The summed E-state index contributed by atoms with van der Waals surface area (Å²) in [6.45, 7) is 9.43. The number of benzene rings is 5. The van der Waals surface area contributed by atoms with Gasteiger partial charge in [-0.25, -0.2) is 0 Å². The van der Waals surface area contributed by atoms with E-state index >= 15 is 0 Å². The first kappa shape index (κ1) is 41.8. The first-order valence-corrected chi connectivity index (χ1v) is 21.5. The number of nitrogens with zero attached hydrogens (tertiary/aromatic N) is 2. The molecule has 0 unspecified atom stereocenters. The number of aromatic hydroxyl groups is 2. The third kappa shape index (κ3) is 7.87. The lowest BCUT2D eigenvalue weighted by atomic mass is 9.81. The minimum atomic E-state index is -0.318. The Hall–Kier alpha value is -6.97. The van der Waals surface area contributed by atoms with Crippen LogP contribution in [-0.2, 0) is 10.8 Å². The number of ketones is 1. The van der Waals surface area contributed by atoms with Gasteiger partial charge in [0.1, 0.15) is 30.9 Å². The number of phenols is 2. The highest BCUT2D eigenvalue weighted by Crippen LogP contribution is 2.47. The Morgan fingerprint density at radius 1 is 0.774 bits per heavy atom. The van der Waals surface area contributed by atoms with Gasteiger partial charge in [-0.2, -0.15) is 4.58 Å². The van der Waals surface area contributed by atoms with E-state index in [2.05, 4.69) is 111 Å². The average Bonchev–Trinajstić information content (AvgIpc) is 3.80. The number of thiophene rings is 1. The van der Waals surface area contributed by atoms with Crippen LogP contribution in [0.1, 0.15) is 65.1 Å². The molecule has 0 atom stereocenters. The Labute approximate surface area is 366 Å². The molecule has 0 aliphatic carbocycles. The number of carbonyl (C=O) groups excluding carboxylic acids is 2. The van der Waals surface area contributed by atoms with Gasteiger partial charge in [0, 0.05) is 73.2 Å². The monoisotopic (exact) mass is 840 g/mol. The molecule has 0 saturated carbocycles. The number of likely N-dealkylation sites (N-methyl/N-ethyl adjacent to an activating group) is 1. The Morgan fingerprint density at radius 2 is 1.47 bits per heavy atom. The minimum absolute atomic E-state index is 0.0578. The Balaban J connectivity index is 0.859. The van der Waals surface area contributed by atoms with Crippen molar-refractivity contribution >= 4 is 50.2 Å². The van der Waals surface area contributed by atoms with E-state index in [1.165, 1.54) is 28.3 Å². The lowest BCUT2D eigenvalue weighted by Gasteiger charge is -2.23.